The van der Waals surface area contributed by atoms with Gasteiger partial charge in [-0.15, -0.1) is 5.48 Å². The zero-order chi connectivity index (χ0) is 11.3. The number of hydroxylamine groups is 1. The highest BCUT2D eigenvalue weighted by atomic mass is 16.7. The van der Waals surface area contributed by atoms with Gasteiger partial charge in [0.2, 0.25) is 0 Å². The minimum atomic E-state index is 0.375. The van der Waals surface area contributed by atoms with Crippen molar-refractivity contribution < 1.29 is 9.63 Å². The van der Waals surface area contributed by atoms with Crippen molar-refractivity contribution in [1.82, 2.24) is 9.96 Å². The van der Waals surface area contributed by atoms with E-state index in [2.05, 4.69) is 43.6 Å². The molecule has 4 heteroatoms. The quantitative estimate of drug-likeness (QED) is 0.341. The van der Waals surface area contributed by atoms with E-state index in [0.717, 1.165) is 10.0 Å². The van der Waals surface area contributed by atoms with Gasteiger partial charge >= 0.3 is 6.47 Å². The molecule has 0 amide bonds. The average Bonchev–Trinajstić information content (AvgIpc) is 2.18. The molecule has 0 saturated carbocycles. The first-order valence-corrected chi connectivity index (χ1v) is 4.77. The lowest BCUT2D eigenvalue weighted by atomic mass is 10.2. The van der Waals surface area contributed by atoms with E-state index in [0.29, 0.717) is 13.0 Å². The van der Waals surface area contributed by atoms with Crippen LogP contribution in [0.5, 0.6) is 0 Å². The van der Waals surface area contributed by atoms with Crippen LogP contribution < -0.4 is 9.96 Å². The normalized spacial score (nSPS) is 11.1. The summed E-state index contributed by atoms with van der Waals surface area (Å²) < 4.78 is 0.790. The van der Waals surface area contributed by atoms with Crippen molar-refractivity contribution in [1.29, 1.82) is 0 Å². The molecule has 1 N–H and O–H groups in total. The number of rotatable bonds is 5. The lowest BCUT2D eigenvalue weighted by Crippen LogP contribution is -2.34. The minimum Gasteiger partial charge on any atom is -0.373 e. The molecule has 4 nitrogen and oxygen atoms in total. The van der Waals surface area contributed by atoms with Crippen molar-refractivity contribution in [3.8, 4) is 0 Å². The van der Waals surface area contributed by atoms with Crippen LogP contribution in [0.1, 0.15) is 5.56 Å². The highest BCUT2D eigenvalue weighted by Gasteiger charge is 2.10. The van der Waals surface area contributed by atoms with Gasteiger partial charge in [-0.1, -0.05) is 12.1 Å². The maximum atomic E-state index is 9.89. The zero-order valence-electron chi connectivity index (χ0n) is 9.36. The zero-order valence-corrected chi connectivity index (χ0v) is 9.36. The lowest BCUT2D eigenvalue weighted by Gasteiger charge is -2.23. The molecule has 0 bridgehead atoms. The van der Waals surface area contributed by atoms with Gasteiger partial charge in [-0.05, 0) is 17.7 Å². The number of hydrogen-bond acceptors (Lipinski definition) is 3. The van der Waals surface area contributed by atoms with Crippen molar-refractivity contribution in [3.63, 3.8) is 0 Å². The van der Waals surface area contributed by atoms with Crippen LogP contribution in [0.25, 0.3) is 0 Å². The summed E-state index contributed by atoms with van der Waals surface area (Å²) in [6.07, 6.45) is 0. The second-order valence-electron chi connectivity index (χ2n) is 4.21. The Kier molecular flexibility index (Phi) is 3.82. The minimum absolute atomic E-state index is 0.375. The molecule has 0 radical (unpaired) electrons. The van der Waals surface area contributed by atoms with E-state index in [1.807, 2.05) is 12.1 Å². The van der Waals surface area contributed by atoms with Crippen LogP contribution in [0.4, 0.5) is 5.69 Å². The van der Waals surface area contributed by atoms with Gasteiger partial charge in [0.15, 0.2) is 0 Å². The van der Waals surface area contributed by atoms with Crippen LogP contribution in [-0.4, -0.2) is 27.6 Å². The number of carbonyl (C=O) groups excluding carboxylic acids is 1. The molecule has 15 heavy (non-hydrogen) atoms. The van der Waals surface area contributed by atoms with Crippen molar-refractivity contribution in [2.45, 2.75) is 6.54 Å². The summed E-state index contributed by atoms with van der Waals surface area (Å²) >= 11 is 0. The summed E-state index contributed by atoms with van der Waals surface area (Å²) in [6.45, 7) is 0.899. The fourth-order valence-corrected chi connectivity index (χ4v) is 1.22. The van der Waals surface area contributed by atoms with Crippen LogP contribution >= 0.6 is 0 Å². The number of quaternary nitrogens is 1. The summed E-state index contributed by atoms with van der Waals surface area (Å²) in [5.74, 6) is 0. The molecule has 1 aromatic rings. The Balaban J connectivity index is 2.60. The molecule has 1 rings (SSSR count). The predicted octanol–water partition coefficient (Wildman–Crippen LogP) is 1.06. The summed E-state index contributed by atoms with van der Waals surface area (Å²) in [6, 6.07) is 8.16. The largest absolute Gasteiger partial charge is 0.373 e. The molecule has 0 aliphatic carbocycles. The highest BCUT2D eigenvalue weighted by Crippen LogP contribution is 2.16. The van der Waals surface area contributed by atoms with Gasteiger partial charge < -0.3 is 4.84 Å². The Morgan fingerprint density at radius 1 is 1.27 bits per heavy atom. The summed E-state index contributed by atoms with van der Waals surface area (Å²) in [5, 5.41) is 0. The fourth-order valence-electron chi connectivity index (χ4n) is 1.22. The third-order valence-electron chi connectivity index (χ3n) is 2.12. The first-order valence-electron chi connectivity index (χ1n) is 4.77. The van der Waals surface area contributed by atoms with Crippen LogP contribution in [0, 0.1) is 0 Å². The first-order chi connectivity index (χ1) is 7.04. The van der Waals surface area contributed by atoms with E-state index in [1.165, 1.54) is 5.69 Å². The Hall–Kier alpha value is -1.39. The van der Waals surface area contributed by atoms with Gasteiger partial charge in [0.05, 0.1) is 27.7 Å². The molecular formula is C11H17N2O2+. The lowest BCUT2D eigenvalue weighted by molar-refractivity contribution is -0.135. The molecule has 0 heterocycles. The first kappa shape index (κ1) is 11.7. The van der Waals surface area contributed by atoms with Crippen molar-refractivity contribution >= 4 is 12.2 Å². The Morgan fingerprint density at radius 3 is 2.33 bits per heavy atom. The van der Waals surface area contributed by atoms with Crippen LogP contribution in [0.3, 0.4) is 0 Å². The molecule has 0 saturated heterocycles. The van der Waals surface area contributed by atoms with E-state index in [1.54, 1.807) is 0 Å². The number of nitrogens with one attached hydrogen (secondary N) is 1. The molecule has 0 aliphatic rings. The number of hydrogen-bond donors (Lipinski definition) is 1. The van der Waals surface area contributed by atoms with Gasteiger partial charge in [-0.2, -0.15) is 0 Å². The van der Waals surface area contributed by atoms with Gasteiger partial charge in [-0.25, -0.2) is 0 Å². The van der Waals surface area contributed by atoms with Crippen molar-refractivity contribution in [2.24, 2.45) is 0 Å². The second-order valence-corrected chi connectivity index (χ2v) is 4.21. The Labute approximate surface area is 90.0 Å². The van der Waals surface area contributed by atoms with E-state index >= 15 is 0 Å². The molecular weight excluding hydrogens is 192 g/mol. The van der Waals surface area contributed by atoms with Crippen LogP contribution in [0.2, 0.25) is 0 Å². The molecule has 0 unspecified atom stereocenters. The predicted molar refractivity (Wildman–Crippen MR) is 60.0 cm³/mol. The molecule has 0 fully saturated rings. The Morgan fingerprint density at radius 2 is 1.87 bits per heavy atom. The van der Waals surface area contributed by atoms with Crippen LogP contribution in [0.15, 0.2) is 24.3 Å². The monoisotopic (exact) mass is 209 g/mol. The summed E-state index contributed by atoms with van der Waals surface area (Å²) in [7, 11) is 6.34. The third kappa shape index (κ3) is 3.69. The molecule has 0 spiro atoms. The molecule has 0 aromatic heterocycles. The molecule has 0 atom stereocenters. The molecule has 0 aliphatic heterocycles. The van der Waals surface area contributed by atoms with E-state index in [4.69, 9.17) is 0 Å². The number of nitrogens with zero attached hydrogens (tertiary/aromatic N) is 1. The number of carbonyl (C=O) groups is 1. The average molecular weight is 209 g/mol. The summed E-state index contributed by atoms with van der Waals surface area (Å²) in [4.78, 5) is 14.3. The third-order valence-corrected chi connectivity index (χ3v) is 2.12. The maximum Gasteiger partial charge on any atom is 0.312 e. The fraction of sp³-hybridized carbons (Fsp3) is 0.364. The SMILES string of the molecule is C[N+](C)(C)c1ccc(CNOC=O)cc1. The van der Waals surface area contributed by atoms with Gasteiger partial charge in [0.1, 0.15) is 5.69 Å². The van der Waals surface area contributed by atoms with Gasteiger partial charge in [0.25, 0.3) is 0 Å². The maximum absolute atomic E-state index is 9.89. The van der Waals surface area contributed by atoms with Crippen molar-refractivity contribution in [2.75, 3.05) is 21.1 Å². The van der Waals surface area contributed by atoms with Crippen molar-refractivity contribution in [3.05, 3.63) is 29.8 Å². The summed E-state index contributed by atoms with van der Waals surface area (Å²) in [5.41, 5.74) is 4.85. The van der Waals surface area contributed by atoms with Gasteiger partial charge in [0, 0.05) is 0 Å². The van der Waals surface area contributed by atoms with Crippen LogP contribution in [-0.2, 0) is 16.2 Å². The van der Waals surface area contributed by atoms with E-state index in [9.17, 15) is 4.79 Å². The second kappa shape index (κ2) is 4.91. The Bertz CT molecular complexity index is 314. The molecule has 1 aromatic carbocycles. The standard InChI is InChI=1S/C11H17N2O2/c1-13(2,3)11-6-4-10(5-7-11)8-12-15-9-14/h4-7,9,12H,8H2,1-3H3/q+1. The number of benzene rings is 1. The van der Waals surface area contributed by atoms with E-state index in [-0.39, 0.29) is 0 Å². The topological polar surface area (TPSA) is 38.3 Å². The smallest absolute Gasteiger partial charge is 0.312 e. The van der Waals surface area contributed by atoms with E-state index < -0.39 is 0 Å². The van der Waals surface area contributed by atoms with Gasteiger partial charge in [-0.3, -0.25) is 9.28 Å². The molecule has 82 valence electrons. The highest BCUT2D eigenvalue weighted by molar-refractivity contribution is 5.42.